The van der Waals surface area contributed by atoms with E-state index in [0.29, 0.717) is 34.5 Å². The molecule has 1 aromatic carbocycles. The van der Waals surface area contributed by atoms with Crippen molar-refractivity contribution in [2.45, 2.75) is 32.1 Å². The number of fused-ring (bicyclic) bond motifs is 1. The van der Waals surface area contributed by atoms with Gasteiger partial charge in [-0.25, -0.2) is 22.9 Å². The summed E-state index contributed by atoms with van der Waals surface area (Å²) in [5.74, 6) is -2.34. The van der Waals surface area contributed by atoms with Crippen molar-refractivity contribution in [1.29, 1.82) is 0 Å². The van der Waals surface area contributed by atoms with Gasteiger partial charge in [0.1, 0.15) is 11.6 Å². The molecule has 4 rings (SSSR count). The lowest BCUT2D eigenvalue weighted by Gasteiger charge is -2.33. The number of hydrogen-bond donors (Lipinski definition) is 3. The van der Waals surface area contributed by atoms with Gasteiger partial charge in [-0.3, -0.25) is 0 Å². The first-order valence-corrected chi connectivity index (χ1v) is 9.81. The first-order chi connectivity index (χ1) is 14.3. The van der Waals surface area contributed by atoms with Crippen molar-refractivity contribution in [1.82, 2.24) is 9.97 Å². The lowest BCUT2D eigenvalue weighted by molar-refractivity contribution is -0.0221. The molecule has 9 heteroatoms. The van der Waals surface area contributed by atoms with Gasteiger partial charge in [0.25, 0.3) is 5.92 Å². The van der Waals surface area contributed by atoms with E-state index in [4.69, 9.17) is 0 Å². The first-order valence-electron chi connectivity index (χ1n) is 9.81. The number of aryl methyl sites for hydroxylation is 1. The van der Waals surface area contributed by atoms with E-state index < -0.39 is 17.8 Å². The zero-order valence-electron chi connectivity index (χ0n) is 16.4. The number of rotatable bonds is 4. The van der Waals surface area contributed by atoms with Gasteiger partial charge in [-0.2, -0.15) is 0 Å². The fourth-order valence-electron chi connectivity index (χ4n) is 3.64. The van der Waals surface area contributed by atoms with Crippen molar-refractivity contribution in [3.8, 4) is 0 Å². The van der Waals surface area contributed by atoms with Crippen molar-refractivity contribution in [2.24, 2.45) is 0 Å². The lowest BCUT2D eigenvalue weighted by atomic mass is 10.1. The van der Waals surface area contributed by atoms with Crippen LogP contribution in [0.5, 0.6) is 0 Å². The Balaban J connectivity index is 1.46. The Bertz CT molecular complexity index is 1070. The van der Waals surface area contributed by atoms with Crippen molar-refractivity contribution in [3.05, 3.63) is 48.0 Å². The van der Waals surface area contributed by atoms with E-state index in [-0.39, 0.29) is 25.9 Å². The molecule has 1 aliphatic rings. The van der Waals surface area contributed by atoms with Crippen LogP contribution in [0.3, 0.4) is 0 Å². The molecule has 3 N–H and O–H groups in total. The number of hydrogen-bond acceptors (Lipinski definition) is 3. The van der Waals surface area contributed by atoms with E-state index in [9.17, 15) is 18.0 Å². The Morgan fingerprint density at radius 2 is 2.00 bits per heavy atom. The average Bonchev–Trinajstić information content (AvgIpc) is 3.10. The van der Waals surface area contributed by atoms with E-state index >= 15 is 0 Å². The van der Waals surface area contributed by atoms with Crippen LogP contribution >= 0.6 is 0 Å². The lowest BCUT2D eigenvalue weighted by Crippen LogP contribution is -2.40. The molecule has 1 saturated heterocycles. The third kappa shape index (κ3) is 4.19. The number of urea groups is 1. The molecule has 0 atom stereocenters. The second-order valence-corrected chi connectivity index (χ2v) is 7.37. The fraction of sp³-hybridized carbons (Fsp3) is 0.333. The maximum absolute atomic E-state index is 13.5. The first kappa shape index (κ1) is 20.1. The normalized spacial score (nSPS) is 15.9. The molecule has 3 heterocycles. The van der Waals surface area contributed by atoms with Crippen LogP contribution in [0.1, 0.15) is 25.3 Å². The SMILES string of the molecule is CCc1cc(NC(=O)Nc2c[nH]c3ccc(F)cc23)cnc1N1CCC(F)(F)CC1. The predicted molar refractivity (Wildman–Crippen MR) is 111 cm³/mol. The molecule has 0 spiro atoms. The topological polar surface area (TPSA) is 73.0 Å². The second-order valence-electron chi connectivity index (χ2n) is 7.37. The molecule has 0 bridgehead atoms. The standard InChI is InChI=1S/C21H22F3N5O/c1-2-13-9-15(11-26-19(13)29-7-5-21(23,24)6-8-29)27-20(30)28-18-12-25-17-4-3-14(22)10-16(17)18/h3-4,9-12,25H,2,5-8H2,1H3,(H2,27,28,30). The van der Waals surface area contributed by atoms with Gasteiger partial charge in [0, 0.05) is 43.0 Å². The van der Waals surface area contributed by atoms with Crippen molar-refractivity contribution in [3.63, 3.8) is 0 Å². The van der Waals surface area contributed by atoms with Crippen LogP contribution < -0.4 is 15.5 Å². The van der Waals surface area contributed by atoms with E-state index in [1.54, 1.807) is 18.3 Å². The molecule has 158 valence electrons. The van der Waals surface area contributed by atoms with Crippen molar-refractivity contribution >= 4 is 34.1 Å². The summed E-state index contributed by atoms with van der Waals surface area (Å²) in [6.45, 7) is 2.44. The van der Waals surface area contributed by atoms with E-state index in [1.165, 1.54) is 18.3 Å². The third-order valence-corrected chi connectivity index (χ3v) is 5.27. The van der Waals surface area contributed by atoms with Crippen LogP contribution in [0.4, 0.5) is 35.2 Å². The number of aromatic amines is 1. The number of carbonyl (C=O) groups is 1. The molecule has 6 nitrogen and oxygen atoms in total. The number of anilines is 3. The van der Waals surface area contributed by atoms with Gasteiger partial charge in [-0.1, -0.05) is 6.92 Å². The minimum atomic E-state index is -2.62. The highest BCUT2D eigenvalue weighted by Gasteiger charge is 2.34. The molecule has 2 amide bonds. The van der Waals surface area contributed by atoms with Crippen LogP contribution in [-0.2, 0) is 6.42 Å². The second kappa shape index (κ2) is 7.89. The number of nitrogens with zero attached hydrogens (tertiary/aromatic N) is 2. The fourth-order valence-corrected chi connectivity index (χ4v) is 3.64. The van der Waals surface area contributed by atoms with Gasteiger partial charge in [0.2, 0.25) is 0 Å². The smallest absolute Gasteiger partial charge is 0.323 e. The largest absolute Gasteiger partial charge is 0.359 e. The Hall–Kier alpha value is -3.23. The number of amides is 2. The third-order valence-electron chi connectivity index (χ3n) is 5.27. The van der Waals surface area contributed by atoms with Crippen LogP contribution in [0.25, 0.3) is 10.9 Å². The maximum Gasteiger partial charge on any atom is 0.323 e. The van der Waals surface area contributed by atoms with E-state index in [2.05, 4.69) is 20.6 Å². The molecule has 2 aromatic heterocycles. The number of benzene rings is 1. The number of pyridine rings is 1. The highest BCUT2D eigenvalue weighted by Crippen LogP contribution is 2.32. The van der Waals surface area contributed by atoms with Gasteiger partial charge >= 0.3 is 6.03 Å². The number of alkyl halides is 2. The molecular formula is C21H22F3N5O. The molecule has 0 aliphatic carbocycles. The number of H-pyrrole nitrogens is 1. The quantitative estimate of drug-likeness (QED) is 0.550. The number of halogens is 3. The molecule has 3 aromatic rings. The molecule has 0 unspecified atom stereocenters. The Morgan fingerprint density at radius 3 is 2.73 bits per heavy atom. The van der Waals surface area contributed by atoms with E-state index in [1.807, 2.05) is 11.8 Å². The summed E-state index contributed by atoms with van der Waals surface area (Å²) in [5.41, 5.74) is 2.52. The number of aromatic nitrogens is 2. The van der Waals surface area contributed by atoms with Crippen LogP contribution in [0.2, 0.25) is 0 Å². The zero-order valence-corrected chi connectivity index (χ0v) is 16.4. The highest BCUT2D eigenvalue weighted by molar-refractivity contribution is 6.05. The van der Waals surface area contributed by atoms with Crippen molar-refractivity contribution in [2.75, 3.05) is 28.6 Å². The molecule has 30 heavy (non-hydrogen) atoms. The number of carbonyl (C=O) groups excluding carboxylic acids is 1. The van der Waals surface area contributed by atoms with E-state index in [0.717, 1.165) is 5.56 Å². The number of nitrogens with one attached hydrogen (secondary N) is 3. The molecule has 1 fully saturated rings. The predicted octanol–water partition coefficient (Wildman–Crippen LogP) is 5.14. The summed E-state index contributed by atoms with van der Waals surface area (Å²) in [7, 11) is 0. The van der Waals surface area contributed by atoms with Gasteiger partial charge in [0.05, 0.1) is 17.6 Å². The summed E-state index contributed by atoms with van der Waals surface area (Å²) < 4.78 is 40.4. The summed E-state index contributed by atoms with van der Waals surface area (Å²) in [6.07, 6.45) is 3.37. The Labute approximate surface area is 171 Å². The monoisotopic (exact) mass is 417 g/mol. The highest BCUT2D eigenvalue weighted by atomic mass is 19.3. The molecular weight excluding hydrogens is 395 g/mol. The van der Waals surface area contributed by atoms with Gasteiger partial charge < -0.3 is 20.5 Å². The minimum Gasteiger partial charge on any atom is -0.359 e. The van der Waals surface area contributed by atoms with Crippen LogP contribution in [0, 0.1) is 5.82 Å². The summed E-state index contributed by atoms with van der Waals surface area (Å²) >= 11 is 0. The van der Waals surface area contributed by atoms with Crippen LogP contribution in [-0.4, -0.2) is 35.0 Å². The molecule has 0 saturated carbocycles. The number of piperidine rings is 1. The van der Waals surface area contributed by atoms with Gasteiger partial charge in [0.15, 0.2) is 0 Å². The zero-order chi connectivity index (χ0) is 21.3. The minimum absolute atomic E-state index is 0.189. The average molecular weight is 417 g/mol. The summed E-state index contributed by atoms with van der Waals surface area (Å²) in [6, 6.07) is 5.58. The molecule has 1 aliphatic heterocycles. The summed E-state index contributed by atoms with van der Waals surface area (Å²) in [4.78, 5) is 21.7. The van der Waals surface area contributed by atoms with Crippen molar-refractivity contribution < 1.29 is 18.0 Å². The van der Waals surface area contributed by atoms with Gasteiger partial charge in [-0.15, -0.1) is 0 Å². The summed E-state index contributed by atoms with van der Waals surface area (Å²) in [5, 5.41) is 5.98. The molecule has 0 radical (unpaired) electrons. The Kier molecular flexibility index (Phi) is 5.27. The maximum atomic E-state index is 13.5. The van der Waals surface area contributed by atoms with Gasteiger partial charge in [-0.05, 0) is 36.2 Å². The Morgan fingerprint density at radius 1 is 1.23 bits per heavy atom. The van der Waals surface area contributed by atoms with Crippen LogP contribution in [0.15, 0.2) is 36.7 Å².